The van der Waals surface area contributed by atoms with Gasteiger partial charge in [0.05, 0.1) is 0 Å². The van der Waals surface area contributed by atoms with Gasteiger partial charge in [0.25, 0.3) is 0 Å². The van der Waals surface area contributed by atoms with Gasteiger partial charge in [-0.1, -0.05) is 82.3 Å². The van der Waals surface area contributed by atoms with Gasteiger partial charge in [-0.3, -0.25) is 0 Å². The van der Waals surface area contributed by atoms with E-state index in [1.807, 2.05) is 0 Å². The highest BCUT2D eigenvalue weighted by atomic mass is 14.2. The van der Waals surface area contributed by atoms with Crippen LogP contribution in [0.15, 0.2) is 54.6 Å². The maximum Gasteiger partial charge on any atom is -0.00197 e. The molecule has 25 heavy (non-hydrogen) atoms. The van der Waals surface area contributed by atoms with Gasteiger partial charge in [-0.05, 0) is 70.2 Å². The zero-order valence-electron chi connectivity index (χ0n) is 16.0. The van der Waals surface area contributed by atoms with Crippen molar-refractivity contribution in [3.8, 4) is 0 Å². The van der Waals surface area contributed by atoms with Gasteiger partial charge < -0.3 is 0 Å². The lowest BCUT2D eigenvalue weighted by molar-refractivity contribution is 0.700. The Kier molecular flexibility index (Phi) is 5.58. The number of hydrogen-bond donors (Lipinski definition) is 0. The Hall–Kier alpha value is -2.08. The number of rotatable bonds is 6. The van der Waals surface area contributed by atoms with Crippen LogP contribution in [0.5, 0.6) is 0 Å². The minimum absolute atomic E-state index is 0.533. The molecule has 0 spiro atoms. The summed E-state index contributed by atoms with van der Waals surface area (Å²) in [5, 5.41) is 2.65. The molecular formula is C25H29. The molecule has 0 nitrogen and oxygen atoms in total. The molecule has 0 aliphatic carbocycles. The number of hydrogen-bond acceptors (Lipinski definition) is 0. The van der Waals surface area contributed by atoms with Gasteiger partial charge in [0.1, 0.15) is 0 Å². The van der Waals surface area contributed by atoms with Gasteiger partial charge in [0, 0.05) is 0 Å². The van der Waals surface area contributed by atoms with Crippen molar-refractivity contribution in [2.24, 2.45) is 0 Å². The second-order valence-electron chi connectivity index (χ2n) is 7.26. The highest BCUT2D eigenvalue weighted by Crippen LogP contribution is 2.37. The molecule has 3 aromatic rings. The molecule has 0 saturated carbocycles. The predicted molar refractivity (Wildman–Crippen MR) is 109 cm³/mol. The largest absolute Gasteiger partial charge is 0.0648 e. The molecule has 0 bridgehead atoms. The third kappa shape index (κ3) is 3.63. The minimum atomic E-state index is 0.533. The van der Waals surface area contributed by atoms with Crippen LogP contribution in [0, 0.1) is 6.07 Å². The molecule has 3 rings (SSSR count). The molecule has 0 heteroatoms. The van der Waals surface area contributed by atoms with Gasteiger partial charge in [-0.15, -0.1) is 0 Å². The lowest BCUT2D eigenvalue weighted by Crippen LogP contribution is -2.08. The van der Waals surface area contributed by atoms with Crippen molar-refractivity contribution in [3.63, 3.8) is 0 Å². The van der Waals surface area contributed by atoms with Crippen LogP contribution in [0.3, 0.4) is 0 Å². The Balaban J connectivity index is 2.28. The fourth-order valence-electron chi connectivity index (χ4n) is 3.74. The molecule has 0 aliphatic rings. The molecule has 2 unspecified atom stereocenters. The smallest absolute Gasteiger partial charge is 0.00197 e. The summed E-state index contributed by atoms with van der Waals surface area (Å²) in [5.41, 5.74) is 5.85. The molecule has 0 aliphatic heterocycles. The fourth-order valence-corrected chi connectivity index (χ4v) is 3.74. The normalized spacial score (nSPS) is 13.8. The van der Waals surface area contributed by atoms with Crippen molar-refractivity contribution in [1.82, 2.24) is 0 Å². The van der Waals surface area contributed by atoms with Crippen LogP contribution in [0.1, 0.15) is 74.6 Å². The number of benzene rings is 3. The van der Waals surface area contributed by atoms with Crippen molar-refractivity contribution in [3.05, 3.63) is 82.9 Å². The molecule has 0 saturated heterocycles. The zero-order chi connectivity index (χ0) is 17.8. The molecular weight excluding hydrogens is 300 g/mol. The van der Waals surface area contributed by atoms with E-state index in [-0.39, 0.29) is 0 Å². The zero-order valence-corrected chi connectivity index (χ0v) is 16.0. The van der Waals surface area contributed by atoms with Crippen molar-refractivity contribution in [2.45, 2.75) is 58.8 Å². The predicted octanol–water partition coefficient (Wildman–Crippen LogP) is 7.26. The first-order valence-corrected chi connectivity index (χ1v) is 9.66. The summed E-state index contributed by atoms with van der Waals surface area (Å²) >= 11 is 0. The lowest BCUT2D eigenvalue weighted by Gasteiger charge is -2.24. The minimum Gasteiger partial charge on any atom is -0.0648 e. The van der Waals surface area contributed by atoms with E-state index in [9.17, 15) is 0 Å². The van der Waals surface area contributed by atoms with Crippen LogP contribution in [-0.2, 0) is 6.42 Å². The lowest BCUT2D eigenvalue weighted by atomic mass is 9.80. The van der Waals surface area contributed by atoms with Gasteiger partial charge in [-0.2, -0.15) is 0 Å². The molecule has 0 N–H and O–H groups in total. The van der Waals surface area contributed by atoms with Crippen molar-refractivity contribution in [2.75, 3.05) is 0 Å². The molecule has 1 radical (unpaired) electrons. The van der Waals surface area contributed by atoms with E-state index in [2.05, 4.69) is 88.4 Å². The van der Waals surface area contributed by atoms with Crippen LogP contribution < -0.4 is 0 Å². The van der Waals surface area contributed by atoms with Crippen molar-refractivity contribution < 1.29 is 0 Å². The molecule has 0 fully saturated rings. The van der Waals surface area contributed by atoms with E-state index in [0.29, 0.717) is 11.8 Å². The summed E-state index contributed by atoms with van der Waals surface area (Å²) in [6.07, 6.45) is 3.31. The number of fused-ring (bicyclic) bond motifs is 1. The third-order valence-corrected chi connectivity index (χ3v) is 5.57. The van der Waals surface area contributed by atoms with E-state index in [4.69, 9.17) is 0 Å². The monoisotopic (exact) mass is 329 g/mol. The molecule has 0 aromatic heterocycles. The summed E-state index contributed by atoms with van der Waals surface area (Å²) in [6.45, 7) is 9.29. The van der Waals surface area contributed by atoms with Crippen LogP contribution in [0.4, 0.5) is 0 Å². The molecule has 0 amide bonds. The van der Waals surface area contributed by atoms with Gasteiger partial charge in [0.15, 0.2) is 0 Å². The van der Waals surface area contributed by atoms with E-state index in [1.54, 1.807) is 0 Å². The Morgan fingerprint density at radius 1 is 0.800 bits per heavy atom. The maximum absolute atomic E-state index is 3.79. The Bertz CT molecular complexity index is 829. The summed E-state index contributed by atoms with van der Waals surface area (Å²) < 4.78 is 0. The summed E-state index contributed by atoms with van der Waals surface area (Å²) in [7, 11) is 0. The van der Waals surface area contributed by atoms with E-state index in [1.165, 1.54) is 33.0 Å². The first-order valence-electron chi connectivity index (χ1n) is 9.66. The van der Waals surface area contributed by atoms with E-state index < -0.39 is 0 Å². The van der Waals surface area contributed by atoms with Gasteiger partial charge in [-0.25, -0.2) is 0 Å². The average Bonchev–Trinajstić information content (AvgIpc) is 2.67. The standard InChI is InChI=1S/C25H29/c1-5-18(3)23-17-21-14-10-11-15-22(21)25(19(4)6-2)24(23)16-20-12-8-7-9-13-20/h7-15,18-19H,5-6,16H2,1-4H3. The second-order valence-corrected chi connectivity index (χ2v) is 7.26. The third-order valence-electron chi connectivity index (χ3n) is 5.57. The summed E-state index contributed by atoms with van der Waals surface area (Å²) in [4.78, 5) is 0. The van der Waals surface area contributed by atoms with Gasteiger partial charge in [0.2, 0.25) is 0 Å². The topological polar surface area (TPSA) is 0 Å². The highest BCUT2D eigenvalue weighted by Gasteiger charge is 2.20. The van der Waals surface area contributed by atoms with Crippen molar-refractivity contribution >= 4 is 10.8 Å². The van der Waals surface area contributed by atoms with Crippen LogP contribution in [0.25, 0.3) is 10.8 Å². The molecule has 2 atom stereocenters. The first-order chi connectivity index (χ1) is 12.2. The maximum atomic E-state index is 3.79. The van der Waals surface area contributed by atoms with E-state index >= 15 is 0 Å². The molecule has 129 valence electrons. The van der Waals surface area contributed by atoms with Gasteiger partial charge >= 0.3 is 0 Å². The Morgan fingerprint density at radius 3 is 2.12 bits per heavy atom. The summed E-state index contributed by atoms with van der Waals surface area (Å²) in [6, 6.07) is 23.5. The average molecular weight is 330 g/mol. The quantitative estimate of drug-likeness (QED) is 0.446. The van der Waals surface area contributed by atoms with Crippen molar-refractivity contribution in [1.29, 1.82) is 0 Å². The Morgan fingerprint density at radius 2 is 1.44 bits per heavy atom. The van der Waals surface area contributed by atoms with E-state index in [0.717, 1.165) is 19.3 Å². The SMILES string of the molecule is CCC(C)c1[c]c2ccccc2c(C(C)CC)c1Cc1ccccc1. The van der Waals surface area contributed by atoms with Crippen LogP contribution >= 0.6 is 0 Å². The fraction of sp³-hybridized carbons (Fsp3) is 0.360. The summed E-state index contributed by atoms with van der Waals surface area (Å²) in [5.74, 6) is 1.09. The van der Waals surface area contributed by atoms with Crippen LogP contribution in [0.2, 0.25) is 0 Å². The second kappa shape index (κ2) is 7.87. The highest BCUT2D eigenvalue weighted by molar-refractivity contribution is 5.88. The molecule has 0 heterocycles. The van der Waals surface area contributed by atoms with Crippen LogP contribution in [-0.4, -0.2) is 0 Å². The first kappa shape index (κ1) is 17.7. The Labute approximate surface area is 152 Å². The molecule has 3 aromatic carbocycles.